The third-order valence-electron chi connectivity index (χ3n) is 5.94. The number of hydrogen-bond donors (Lipinski definition) is 2. The van der Waals surface area contributed by atoms with Gasteiger partial charge in [0, 0.05) is 44.6 Å². The monoisotopic (exact) mass is 405 g/mol. The minimum atomic E-state index is -0.238. The van der Waals surface area contributed by atoms with Gasteiger partial charge in [0.1, 0.15) is 11.8 Å². The molecule has 8 nitrogen and oxygen atoms in total. The van der Waals surface area contributed by atoms with Crippen molar-refractivity contribution in [1.29, 1.82) is 5.26 Å². The van der Waals surface area contributed by atoms with Gasteiger partial charge in [-0.3, -0.25) is 14.4 Å². The van der Waals surface area contributed by atoms with Gasteiger partial charge in [-0.1, -0.05) is 30.3 Å². The van der Waals surface area contributed by atoms with E-state index in [9.17, 15) is 14.4 Å². The Bertz CT molecular complexity index is 1010. The Morgan fingerprint density at radius 1 is 1.20 bits per heavy atom. The van der Waals surface area contributed by atoms with Gasteiger partial charge in [0.15, 0.2) is 0 Å². The minimum Gasteiger partial charge on any atom is -0.356 e. The molecule has 3 amide bonds. The van der Waals surface area contributed by atoms with Gasteiger partial charge in [0.05, 0.1) is 18.2 Å². The first kappa shape index (κ1) is 19.7. The van der Waals surface area contributed by atoms with Crippen molar-refractivity contribution >= 4 is 17.7 Å². The number of carbonyl (C=O) groups excluding carboxylic acids is 3. The van der Waals surface area contributed by atoms with Crippen molar-refractivity contribution in [2.45, 2.75) is 13.0 Å². The number of H-pyrrole nitrogens is 1. The number of fused-ring (bicyclic) bond motifs is 1. The number of aromatic nitrogens is 1. The summed E-state index contributed by atoms with van der Waals surface area (Å²) in [4.78, 5) is 43.5. The van der Waals surface area contributed by atoms with Crippen LogP contribution >= 0.6 is 0 Å². The molecule has 1 aromatic heterocycles. The number of nitrogens with one attached hydrogen (secondary N) is 2. The summed E-state index contributed by atoms with van der Waals surface area (Å²) in [6, 6.07) is 13.3. The highest BCUT2D eigenvalue weighted by molar-refractivity contribution is 5.93. The second kappa shape index (κ2) is 8.03. The Kier molecular flexibility index (Phi) is 5.27. The van der Waals surface area contributed by atoms with Gasteiger partial charge in [-0.15, -0.1) is 0 Å². The quantitative estimate of drug-likeness (QED) is 0.799. The average Bonchev–Trinajstić information content (AvgIpc) is 3.46. The molecule has 2 aliphatic rings. The molecule has 3 atom stereocenters. The summed E-state index contributed by atoms with van der Waals surface area (Å²) < 4.78 is 0. The Morgan fingerprint density at radius 3 is 2.63 bits per heavy atom. The zero-order chi connectivity index (χ0) is 21.3. The van der Waals surface area contributed by atoms with Crippen LogP contribution in [0.1, 0.15) is 34.6 Å². The third kappa shape index (κ3) is 3.66. The molecule has 2 N–H and O–H groups in total. The molecule has 0 spiro atoms. The number of amides is 3. The van der Waals surface area contributed by atoms with Crippen LogP contribution in [-0.2, 0) is 9.59 Å². The van der Waals surface area contributed by atoms with Crippen molar-refractivity contribution < 1.29 is 14.4 Å². The Morgan fingerprint density at radius 2 is 1.97 bits per heavy atom. The molecule has 0 radical (unpaired) electrons. The van der Waals surface area contributed by atoms with Gasteiger partial charge in [-0.25, -0.2) is 0 Å². The first-order valence-electron chi connectivity index (χ1n) is 9.94. The standard InChI is InChI=1S/C22H23N5O3/c1-14(28)24-10-20(29)27-12-17-11-26(22(30)19-7-15(8-23)9-25-19)13-18(17)21(27)16-5-3-2-4-6-16/h2-7,9,17-18,21,25H,10-13H2,1H3,(H,24,28)/t17-,18-,21-/m0/s1. The zero-order valence-corrected chi connectivity index (χ0v) is 16.7. The molecule has 0 unspecified atom stereocenters. The topological polar surface area (TPSA) is 109 Å². The fraction of sp³-hybridized carbons (Fsp3) is 0.364. The van der Waals surface area contributed by atoms with E-state index in [0.29, 0.717) is 30.9 Å². The van der Waals surface area contributed by atoms with Crippen LogP contribution in [0.4, 0.5) is 0 Å². The normalized spacial score (nSPS) is 22.5. The van der Waals surface area contributed by atoms with Gasteiger partial charge in [-0.2, -0.15) is 5.26 Å². The zero-order valence-electron chi connectivity index (χ0n) is 16.7. The predicted molar refractivity (Wildman–Crippen MR) is 108 cm³/mol. The first-order chi connectivity index (χ1) is 14.5. The number of rotatable bonds is 4. The van der Waals surface area contributed by atoms with E-state index in [-0.39, 0.29) is 42.1 Å². The van der Waals surface area contributed by atoms with Crippen molar-refractivity contribution in [2.75, 3.05) is 26.2 Å². The van der Waals surface area contributed by atoms with Gasteiger partial charge >= 0.3 is 0 Å². The number of benzene rings is 1. The second-order valence-electron chi connectivity index (χ2n) is 7.86. The van der Waals surface area contributed by atoms with Crippen molar-refractivity contribution in [1.82, 2.24) is 20.1 Å². The fourth-order valence-corrected chi connectivity index (χ4v) is 4.60. The third-order valence-corrected chi connectivity index (χ3v) is 5.94. The average molecular weight is 405 g/mol. The molecular formula is C22H23N5O3. The molecule has 0 bridgehead atoms. The lowest BCUT2D eigenvalue weighted by molar-refractivity contribution is -0.133. The predicted octanol–water partition coefficient (Wildman–Crippen LogP) is 1.29. The van der Waals surface area contributed by atoms with Gasteiger partial charge in [0.2, 0.25) is 11.8 Å². The van der Waals surface area contributed by atoms with Crippen molar-refractivity contribution in [3.63, 3.8) is 0 Å². The minimum absolute atomic E-state index is 0.0276. The van der Waals surface area contributed by atoms with E-state index in [1.807, 2.05) is 41.3 Å². The summed E-state index contributed by atoms with van der Waals surface area (Å²) in [5, 5.41) is 11.6. The van der Waals surface area contributed by atoms with Crippen molar-refractivity contribution in [2.24, 2.45) is 11.8 Å². The highest BCUT2D eigenvalue weighted by atomic mass is 16.2. The van der Waals surface area contributed by atoms with Crippen LogP contribution in [-0.4, -0.2) is 58.7 Å². The Labute approximate surface area is 174 Å². The van der Waals surface area contributed by atoms with Crippen LogP contribution < -0.4 is 5.32 Å². The van der Waals surface area contributed by atoms with E-state index in [0.717, 1.165) is 5.56 Å². The molecule has 0 saturated carbocycles. The van der Waals surface area contributed by atoms with Crippen LogP contribution in [0.15, 0.2) is 42.6 Å². The highest BCUT2D eigenvalue weighted by Crippen LogP contribution is 2.45. The summed E-state index contributed by atoms with van der Waals surface area (Å²) in [5.41, 5.74) is 1.86. The first-order valence-corrected chi connectivity index (χ1v) is 9.94. The van der Waals surface area contributed by atoms with Gasteiger partial charge in [0.25, 0.3) is 5.91 Å². The SMILES string of the molecule is CC(=O)NCC(=O)N1C[C@@H]2CN(C(=O)c3cc(C#N)c[nH]3)C[C@@H]2[C@@H]1c1ccccc1. The van der Waals surface area contributed by atoms with Crippen LogP contribution in [0, 0.1) is 23.2 Å². The molecule has 2 aliphatic heterocycles. The molecule has 2 saturated heterocycles. The number of aromatic amines is 1. The highest BCUT2D eigenvalue weighted by Gasteiger charge is 2.50. The molecule has 2 fully saturated rings. The van der Waals surface area contributed by atoms with E-state index in [2.05, 4.69) is 10.3 Å². The number of carbonyl (C=O) groups is 3. The van der Waals surface area contributed by atoms with Gasteiger partial charge in [-0.05, 0) is 11.6 Å². The summed E-state index contributed by atoms with van der Waals surface area (Å²) >= 11 is 0. The van der Waals surface area contributed by atoms with Crippen molar-refractivity contribution in [3.05, 3.63) is 59.4 Å². The molecule has 1 aromatic carbocycles. The molecule has 30 heavy (non-hydrogen) atoms. The smallest absolute Gasteiger partial charge is 0.270 e. The van der Waals surface area contributed by atoms with Crippen LogP contribution in [0.2, 0.25) is 0 Å². The van der Waals surface area contributed by atoms with Crippen LogP contribution in [0.5, 0.6) is 0 Å². The van der Waals surface area contributed by atoms with Crippen molar-refractivity contribution in [3.8, 4) is 6.07 Å². The summed E-state index contributed by atoms with van der Waals surface area (Å²) in [7, 11) is 0. The molecule has 0 aliphatic carbocycles. The van der Waals surface area contributed by atoms with Crippen LogP contribution in [0.3, 0.4) is 0 Å². The van der Waals surface area contributed by atoms with E-state index in [1.165, 1.54) is 13.1 Å². The molecule has 3 heterocycles. The molecule has 4 rings (SSSR count). The fourth-order valence-electron chi connectivity index (χ4n) is 4.60. The van der Waals surface area contributed by atoms with E-state index in [4.69, 9.17) is 5.26 Å². The number of nitriles is 1. The summed E-state index contributed by atoms with van der Waals surface area (Å²) in [6.07, 6.45) is 1.53. The van der Waals surface area contributed by atoms with Gasteiger partial charge < -0.3 is 20.1 Å². The van der Waals surface area contributed by atoms with E-state index in [1.54, 1.807) is 11.0 Å². The maximum atomic E-state index is 12.9. The second-order valence-corrected chi connectivity index (χ2v) is 7.86. The Balaban J connectivity index is 1.55. The Hall–Kier alpha value is -3.60. The lowest BCUT2D eigenvalue weighted by atomic mass is 9.89. The maximum absolute atomic E-state index is 12.9. The molecule has 2 aromatic rings. The number of hydrogen-bond acceptors (Lipinski definition) is 4. The molecular weight excluding hydrogens is 382 g/mol. The molecule has 8 heteroatoms. The number of nitrogens with zero attached hydrogens (tertiary/aromatic N) is 3. The van der Waals surface area contributed by atoms with E-state index < -0.39 is 0 Å². The van der Waals surface area contributed by atoms with E-state index >= 15 is 0 Å². The van der Waals surface area contributed by atoms with Crippen LogP contribution in [0.25, 0.3) is 0 Å². The summed E-state index contributed by atoms with van der Waals surface area (Å²) in [5.74, 6) is -0.212. The lowest BCUT2D eigenvalue weighted by Gasteiger charge is -2.30. The largest absolute Gasteiger partial charge is 0.356 e. The summed E-state index contributed by atoms with van der Waals surface area (Å²) in [6.45, 7) is 2.99. The lowest BCUT2D eigenvalue weighted by Crippen LogP contribution is -2.42. The molecule has 154 valence electrons. The maximum Gasteiger partial charge on any atom is 0.270 e. The number of likely N-dealkylation sites (tertiary alicyclic amines) is 2.